The monoisotopic (exact) mass is 360 g/mol. The second kappa shape index (κ2) is 6.56. The Hall–Kier alpha value is -1.69. The minimum absolute atomic E-state index is 0.0236. The van der Waals surface area contributed by atoms with Crippen LogP contribution in [-0.2, 0) is 9.59 Å². The van der Waals surface area contributed by atoms with E-state index >= 15 is 0 Å². The summed E-state index contributed by atoms with van der Waals surface area (Å²) in [5, 5.41) is 1.85. The fraction of sp³-hybridized carbons (Fsp3) is 0.632. The number of hydrogen-bond acceptors (Lipinski definition) is 4. The van der Waals surface area contributed by atoms with Crippen LogP contribution in [0.5, 0.6) is 0 Å². The molecule has 0 atom stereocenters. The van der Waals surface area contributed by atoms with Crippen LogP contribution < -0.4 is 10.9 Å². The first-order valence-corrected chi connectivity index (χ1v) is 10.1. The van der Waals surface area contributed by atoms with Gasteiger partial charge in [0.2, 0.25) is 11.8 Å². The number of carbonyl (C=O) groups excluding carboxylic acids is 3. The molecule has 1 aromatic heterocycles. The lowest BCUT2D eigenvalue weighted by molar-refractivity contribution is -0.148. The maximum absolute atomic E-state index is 12.7. The Labute approximate surface area is 151 Å². The summed E-state index contributed by atoms with van der Waals surface area (Å²) in [5.74, 6) is 1.72. The van der Waals surface area contributed by atoms with Gasteiger partial charge in [-0.25, -0.2) is 0 Å². The second-order valence-corrected chi connectivity index (χ2v) is 9.05. The van der Waals surface area contributed by atoms with Crippen molar-refractivity contribution in [3.05, 3.63) is 22.4 Å². The molecule has 4 aliphatic rings. The van der Waals surface area contributed by atoms with Gasteiger partial charge in [0.15, 0.2) is 5.78 Å². The van der Waals surface area contributed by atoms with Crippen molar-refractivity contribution in [3.8, 4) is 0 Å². The number of Topliss-reactive ketones (excluding diaryl/α,β-unsaturated/α-hetero) is 1. The Morgan fingerprint density at radius 1 is 1.00 bits per heavy atom. The van der Waals surface area contributed by atoms with E-state index in [-0.39, 0.29) is 35.9 Å². The molecule has 4 saturated carbocycles. The zero-order chi connectivity index (χ0) is 17.4. The SMILES string of the molecule is O=C(CCC(=O)c1cccs1)NNC(=O)C12CC3CC(CC(C3)C1)C2. The summed E-state index contributed by atoms with van der Waals surface area (Å²) < 4.78 is 0. The third-order valence-electron chi connectivity index (χ3n) is 6.21. The first kappa shape index (κ1) is 16.8. The number of amides is 2. The number of carbonyl (C=O) groups is 3. The average molecular weight is 360 g/mol. The van der Waals surface area contributed by atoms with Crippen LogP contribution in [0.4, 0.5) is 0 Å². The van der Waals surface area contributed by atoms with Crippen molar-refractivity contribution in [3.63, 3.8) is 0 Å². The van der Waals surface area contributed by atoms with E-state index in [2.05, 4.69) is 10.9 Å². The molecular formula is C19H24N2O3S. The zero-order valence-electron chi connectivity index (χ0n) is 14.3. The van der Waals surface area contributed by atoms with Crippen LogP contribution in [-0.4, -0.2) is 17.6 Å². The van der Waals surface area contributed by atoms with Gasteiger partial charge in [-0.05, 0) is 67.7 Å². The highest BCUT2D eigenvalue weighted by Gasteiger charge is 2.54. The van der Waals surface area contributed by atoms with E-state index in [1.807, 2.05) is 11.4 Å². The first-order chi connectivity index (χ1) is 12.0. The molecule has 0 radical (unpaired) electrons. The molecule has 0 saturated heterocycles. The molecule has 2 amide bonds. The summed E-state index contributed by atoms with van der Waals surface area (Å²) in [6.45, 7) is 0. The molecule has 0 spiro atoms. The van der Waals surface area contributed by atoms with E-state index in [0.29, 0.717) is 22.6 Å². The van der Waals surface area contributed by atoms with Crippen LogP contribution in [0.1, 0.15) is 61.0 Å². The van der Waals surface area contributed by atoms with Gasteiger partial charge >= 0.3 is 0 Å². The first-order valence-electron chi connectivity index (χ1n) is 9.20. The summed E-state index contributed by atoms with van der Waals surface area (Å²) in [5.41, 5.74) is 4.90. The van der Waals surface area contributed by atoms with Crippen LogP contribution in [0, 0.1) is 23.2 Å². The topological polar surface area (TPSA) is 75.3 Å². The lowest BCUT2D eigenvalue weighted by Crippen LogP contribution is -2.56. The molecule has 0 aliphatic heterocycles. The Morgan fingerprint density at radius 2 is 1.64 bits per heavy atom. The van der Waals surface area contributed by atoms with Crippen molar-refractivity contribution < 1.29 is 14.4 Å². The molecular weight excluding hydrogens is 336 g/mol. The molecule has 25 heavy (non-hydrogen) atoms. The molecule has 0 aromatic carbocycles. The predicted molar refractivity (Wildman–Crippen MR) is 94.8 cm³/mol. The number of hydrazine groups is 1. The molecule has 4 fully saturated rings. The Morgan fingerprint density at radius 3 is 2.20 bits per heavy atom. The van der Waals surface area contributed by atoms with Gasteiger partial charge in [-0.15, -0.1) is 11.3 Å². The lowest BCUT2D eigenvalue weighted by Gasteiger charge is -2.55. The Bertz CT molecular complexity index is 648. The van der Waals surface area contributed by atoms with Crippen molar-refractivity contribution >= 4 is 28.9 Å². The molecule has 134 valence electrons. The van der Waals surface area contributed by atoms with Crippen LogP contribution in [0.2, 0.25) is 0 Å². The average Bonchev–Trinajstić information content (AvgIpc) is 3.11. The molecule has 5 rings (SSSR count). The number of thiophene rings is 1. The molecule has 5 nitrogen and oxygen atoms in total. The van der Waals surface area contributed by atoms with Gasteiger partial charge in [0.25, 0.3) is 0 Å². The van der Waals surface area contributed by atoms with Crippen molar-refractivity contribution in [2.45, 2.75) is 51.4 Å². The van der Waals surface area contributed by atoms with E-state index < -0.39 is 0 Å². The summed E-state index contributed by atoms with van der Waals surface area (Å²) in [6, 6.07) is 3.59. The predicted octanol–water partition coefficient (Wildman–Crippen LogP) is 3.07. The zero-order valence-corrected chi connectivity index (χ0v) is 15.1. The highest BCUT2D eigenvalue weighted by Crippen LogP contribution is 2.59. The third kappa shape index (κ3) is 3.36. The third-order valence-corrected chi connectivity index (χ3v) is 7.12. The molecule has 4 bridgehead atoms. The molecule has 6 heteroatoms. The highest BCUT2D eigenvalue weighted by molar-refractivity contribution is 7.12. The highest BCUT2D eigenvalue weighted by atomic mass is 32.1. The van der Waals surface area contributed by atoms with Gasteiger partial charge < -0.3 is 0 Å². The van der Waals surface area contributed by atoms with Crippen molar-refractivity contribution in [1.29, 1.82) is 0 Å². The quantitative estimate of drug-likeness (QED) is 0.626. The molecule has 0 unspecified atom stereocenters. The van der Waals surface area contributed by atoms with Crippen LogP contribution in [0.25, 0.3) is 0 Å². The smallest absolute Gasteiger partial charge is 0.244 e. The summed E-state index contributed by atoms with van der Waals surface area (Å²) in [6.07, 6.45) is 7.02. The fourth-order valence-corrected chi connectivity index (χ4v) is 6.19. The number of hydrogen-bond donors (Lipinski definition) is 2. The normalized spacial score (nSPS) is 32.4. The van der Waals surface area contributed by atoms with Gasteiger partial charge in [0.1, 0.15) is 0 Å². The van der Waals surface area contributed by atoms with Gasteiger partial charge in [-0.3, -0.25) is 25.2 Å². The van der Waals surface area contributed by atoms with E-state index in [1.165, 1.54) is 30.6 Å². The van der Waals surface area contributed by atoms with Crippen molar-refractivity contribution in [1.82, 2.24) is 10.9 Å². The van der Waals surface area contributed by atoms with Gasteiger partial charge in [-0.1, -0.05) is 6.07 Å². The second-order valence-electron chi connectivity index (χ2n) is 8.10. The standard InChI is InChI=1S/C19H24N2O3S/c22-15(16-2-1-5-25-16)3-4-17(23)20-21-18(24)19-9-12-6-13(10-19)8-14(7-12)11-19/h1-2,5,12-14H,3-4,6-11H2,(H,20,23)(H,21,24). The number of ketones is 1. The van der Waals surface area contributed by atoms with Gasteiger partial charge in [0, 0.05) is 12.8 Å². The number of rotatable bonds is 5. The van der Waals surface area contributed by atoms with Gasteiger partial charge in [0.05, 0.1) is 10.3 Å². The van der Waals surface area contributed by atoms with E-state index in [0.717, 1.165) is 19.3 Å². The molecule has 1 heterocycles. The minimum atomic E-state index is -0.303. The van der Waals surface area contributed by atoms with E-state index in [9.17, 15) is 14.4 Å². The summed E-state index contributed by atoms with van der Waals surface area (Å²) >= 11 is 1.38. The molecule has 4 aliphatic carbocycles. The number of nitrogens with one attached hydrogen (secondary N) is 2. The molecule has 2 N–H and O–H groups in total. The fourth-order valence-electron chi connectivity index (χ4n) is 5.50. The van der Waals surface area contributed by atoms with Gasteiger partial charge in [-0.2, -0.15) is 0 Å². The van der Waals surface area contributed by atoms with Crippen LogP contribution >= 0.6 is 11.3 Å². The maximum Gasteiger partial charge on any atom is 0.244 e. The largest absolute Gasteiger partial charge is 0.293 e. The minimum Gasteiger partial charge on any atom is -0.293 e. The molecule has 1 aromatic rings. The maximum atomic E-state index is 12.7. The summed E-state index contributed by atoms with van der Waals surface area (Å²) in [4.78, 5) is 37.3. The lowest BCUT2D eigenvalue weighted by atomic mass is 9.49. The van der Waals surface area contributed by atoms with Crippen LogP contribution in [0.3, 0.4) is 0 Å². The van der Waals surface area contributed by atoms with Crippen molar-refractivity contribution in [2.24, 2.45) is 23.2 Å². The Balaban J connectivity index is 1.26. The van der Waals surface area contributed by atoms with E-state index in [1.54, 1.807) is 6.07 Å². The van der Waals surface area contributed by atoms with Crippen molar-refractivity contribution in [2.75, 3.05) is 0 Å². The summed E-state index contributed by atoms with van der Waals surface area (Å²) in [7, 11) is 0. The van der Waals surface area contributed by atoms with Crippen LogP contribution in [0.15, 0.2) is 17.5 Å². The Kier molecular flexibility index (Phi) is 4.40. The van der Waals surface area contributed by atoms with E-state index in [4.69, 9.17) is 0 Å².